The van der Waals surface area contributed by atoms with Crippen molar-refractivity contribution in [1.82, 2.24) is 9.88 Å². The molecule has 1 atom stereocenters. The molecule has 1 aliphatic heterocycles. The molecule has 138 valence electrons. The number of hydrogen-bond donors (Lipinski definition) is 1. The van der Waals surface area contributed by atoms with Crippen LogP contribution >= 0.6 is 36.2 Å². The van der Waals surface area contributed by atoms with E-state index >= 15 is 0 Å². The zero-order valence-electron chi connectivity index (χ0n) is 13.9. The van der Waals surface area contributed by atoms with Gasteiger partial charge in [-0.05, 0) is 49.9 Å². The molecule has 2 N–H and O–H groups in total. The summed E-state index contributed by atoms with van der Waals surface area (Å²) in [5, 5.41) is 2.51. The summed E-state index contributed by atoms with van der Waals surface area (Å²) in [7, 11) is 0. The third-order valence-corrected chi connectivity index (χ3v) is 5.28. The molecule has 0 aliphatic carbocycles. The van der Waals surface area contributed by atoms with Crippen molar-refractivity contribution in [2.24, 2.45) is 11.7 Å². The molecular weight excluding hydrogens is 384 g/mol. The van der Waals surface area contributed by atoms with Gasteiger partial charge in [-0.1, -0.05) is 0 Å². The first-order valence-electron chi connectivity index (χ1n) is 7.81. The molecule has 1 fully saturated rings. The molecule has 0 radical (unpaired) electrons. The van der Waals surface area contributed by atoms with Crippen molar-refractivity contribution in [3.8, 4) is 10.6 Å². The second-order valence-corrected chi connectivity index (χ2v) is 6.89. The smallest absolute Gasteiger partial charge is 0.273 e. The summed E-state index contributed by atoms with van der Waals surface area (Å²) in [6.45, 7) is 3.49. The summed E-state index contributed by atoms with van der Waals surface area (Å²) in [5.41, 5.74) is 7.23. The normalized spacial score (nSPS) is 15.9. The van der Waals surface area contributed by atoms with Crippen molar-refractivity contribution >= 4 is 42.1 Å². The van der Waals surface area contributed by atoms with Crippen LogP contribution in [-0.2, 0) is 0 Å². The molecule has 1 aliphatic rings. The van der Waals surface area contributed by atoms with Gasteiger partial charge in [0.05, 0.1) is 0 Å². The fourth-order valence-electron chi connectivity index (χ4n) is 2.89. The number of thiazole rings is 1. The average molecular weight is 406 g/mol. The highest BCUT2D eigenvalue weighted by atomic mass is 35.5. The van der Waals surface area contributed by atoms with Crippen LogP contribution in [0.25, 0.3) is 10.6 Å². The highest BCUT2D eigenvalue weighted by molar-refractivity contribution is 7.13. The van der Waals surface area contributed by atoms with Crippen LogP contribution in [0.15, 0.2) is 29.6 Å². The maximum Gasteiger partial charge on any atom is 0.273 e. The number of piperidine rings is 1. The highest BCUT2D eigenvalue weighted by Crippen LogP contribution is 2.26. The predicted molar refractivity (Wildman–Crippen MR) is 104 cm³/mol. The number of amides is 1. The Labute approximate surface area is 163 Å². The van der Waals surface area contributed by atoms with Gasteiger partial charge in [-0.15, -0.1) is 36.2 Å². The van der Waals surface area contributed by atoms with Gasteiger partial charge < -0.3 is 10.6 Å². The van der Waals surface area contributed by atoms with Gasteiger partial charge in [0, 0.05) is 30.1 Å². The maximum absolute atomic E-state index is 13.0. The lowest BCUT2D eigenvalue weighted by Crippen LogP contribution is -2.42. The number of hydrogen-bond acceptors (Lipinski definition) is 4. The van der Waals surface area contributed by atoms with Crippen molar-refractivity contribution in [3.05, 3.63) is 41.2 Å². The lowest BCUT2D eigenvalue weighted by Gasteiger charge is -2.33. The molecule has 8 heteroatoms. The Morgan fingerprint density at radius 1 is 1.28 bits per heavy atom. The zero-order chi connectivity index (χ0) is 16.4. The summed E-state index contributed by atoms with van der Waals surface area (Å²) in [6, 6.07) is 6.33. The van der Waals surface area contributed by atoms with Crippen molar-refractivity contribution in [1.29, 1.82) is 0 Å². The minimum atomic E-state index is -0.279. The molecule has 1 amide bonds. The van der Waals surface area contributed by atoms with E-state index in [4.69, 9.17) is 5.73 Å². The number of rotatable bonds is 3. The van der Waals surface area contributed by atoms with E-state index in [1.165, 1.54) is 23.5 Å². The van der Waals surface area contributed by atoms with Crippen LogP contribution in [0, 0.1) is 11.7 Å². The molecule has 2 heterocycles. The van der Waals surface area contributed by atoms with Crippen LogP contribution in [0.4, 0.5) is 4.39 Å². The number of carbonyl (C=O) groups is 1. The quantitative estimate of drug-likeness (QED) is 0.839. The van der Waals surface area contributed by atoms with Gasteiger partial charge in [-0.2, -0.15) is 0 Å². The maximum atomic E-state index is 13.0. The fourth-order valence-corrected chi connectivity index (χ4v) is 3.69. The Morgan fingerprint density at radius 3 is 2.44 bits per heavy atom. The van der Waals surface area contributed by atoms with Crippen LogP contribution in [0.3, 0.4) is 0 Å². The monoisotopic (exact) mass is 405 g/mol. The SMILES string of the molecule is CC(N)C1CCN(C(=O)c2csc(-c3ccc(F)cc3)n2)CC1.Cl.Cl. The topological polar surface area (TPSA) is 59.2 Å². The van der Waals surface area contributed by atoms with E-state index in [1.807, 2.05) is 11.8 Å². The molecule has 2 aromatic rings. The van der Waals surface area contributed by atoms with Crippen molar-refractivity contribution in [2.75, 3.05) is 13.1 Å². The van der Waals surface area contributed by atoms with E-state index in [2.05, 4.69) is 4.98 Å². The molecule has 1 saturated heterocycles. The van der Waals surface area contributed by atoms with Gasteiger partial charge in [0.2, 0.25) is 0 Å². The zero-order valence-corrected chi connectivity index (χ0v) is 16.3. The lowest BCUT2D eigenvalue weighted by molar-refractivity contribution is 0.0676. The standard InChI is InChI=1S/C17H20FN3OS.2ClH/c1-11(19)12-6-8-21(9-7-12)17(22)15-10-23-16(20-15)13-2-4-14(18)5-3-13;;/h2-5,10-12H,6-9,19H2,1H3;2*1H. The van der Waals surface area contributed by atoms with Gasteiger partial charge in [-0.25, -0.2) is 9.37 Å². The van der Waals surface area contributed by atoms with Crippen LogP contribution in [0.1, 0.15) is 30.3 Å². The number of nitrogens with two attached hydrogens (primary N) is 1. The van der Waals surface area contributed by atoms with E-state index in [1.54, 1.807) is 17.5 Å². The summed E-state index contributed by atoms with van der Waals surface area (Å²) in [6.07, 6.45) is 1.89. The number of carbonyl (C=O) groups excluding carboxylic acids is 1. The second-order valence-electron chi connectivity index (χ2n) is 6.03. The first kappa shape index (κ1) is 21.8. The average Bonchev–Trinajstić information content (AvgIpc) is 3.05. The molecule has 1 unspecified atom stereocenters. The van der Waals surface area contributed by atoms with Gasteiger partial charge >= 0.3 is 0 Å². The largest absolute Gasteiger partial charge is 0.337 e. The predicted octanol–water partition coefficient (Wildman–Crippen LogP) is 3.99. The summed E-state index contributed by atoms with van der Waals surface area (Å²) in [4.78, 5) is 18.8. The van der Waals surface area contributed by atoms with Gasteiger partial charge in [0.15, 0.2) is 0 Å². The molecule has 0 bridgehead atoms. The van der Waals surface area contributed by atoms with Gasteiger partial charge in [0.1, 0.15) is 16.5 Å². The molecule has 0 saturated carbocycles. The van der Waals surface area contributed by atoms with E-state index in [9.17, 15) is 9.18 Å². The second kappa shape index (κ2) is 9.48. The summed E-state index contributed by atoms with van der Waals surface area (Å²) in [5.74, 6) is 0.181. The Bertz CT molecular complexity index is 685. The first-order chi connectivity index (χ1) is 11.0. The summed E-state index contributed by atoms with van der Waals surface area (Å²) < 4.78 is 13.0. The Balaban J connectivity index is 0.00000156. The number of benzene rings is 1. The van der Waals surface area contributed by atoms with Crippen LogP contribution in [0.2, 0.25) is 0 Å². The molecule has 4 nitrogen and oxygen atoms in total. The lowest BCUT2D eigenvalue weighted by atomic mass is 9.91. The van der Waals surface area contributed by atoms with Crippen molar-refractivity contribution in [2.45, 2.75) is 25.8 Å². The van der Waals surface area contributed by atoms with Crippen molar-refractivity contribution < 1.29 is 9.18 Å². The Morgan fingerprint density at radius 2 is 1.88 bits per heavy atom. The fraction of sp³-hybridized carbons (Fsp3) is 0.412. The minimum Gasteiger partial charge on any atom is -0.337 e. The summed E-state index contributed by atoms with van der Waals surface area (Å²) >= 11 is 1.41. The molecule has 0 spiro atoms. The molecular formula is C17H22Cl2FN3OS. The van der Waals surface area contributed by atoms with E-state index < -0.39 is 0 Å². The number of nitrogens with zero attached hydrogens (tertiary/aromatic N) is 2. The number of likely N-dealkylation sites (tertiary alicyclic amines) is 1. The first-order valence-corrected chi connectivity index (χ1v) is 8.69. The minimum absolute atomic E-state index is 0. The third kappa shape index (κ3) is 5.14. The Kier molecular flexibility index (Phi) is 8.28. The molecule has 25 heavy (non-hydrogen) atoms. The van der Waals surface area contributed by atoms with Gasteiger partial charge in [-0.3, -0.25) is 4.79 Å². The van der Waals surface area contributed by atoms with E-state index in [0.29, 0.717) is 11.6 Å². The van der Waals surface area contributed by atoms with E-state index in [0.717, 1.165) is 36.5 Å². The van der Waals surface area contributed by atoms with Crippen LogP contribution < -0.4 is 5.73 Å². The van der Waals surface area contributed by atoms with Crippen LogP contribution in [-0.4, -0.2) is 34.9 Å². The van der Waals surface area contributed by atoms with Crippen LogP contribution in [0.5, 0.6) is 0 Å². The number of aromatic nitrogens is 1. The molecule has 3 rings (SSSR count). The molecule has 1 aromatic carbocycles. The molecule has 1 aromatic heterocycles. The van der Waals surface area contributed by atoms with Crippen molar-refractivity contribution in [3.63, 3.8) is 0 Å². The Hall–Kier alpha value is -1.21. The van der Waals surface area contributed by atoms with E-state index in [-0.39, 0.29) is 42.6 Å². The number of halogens is 3. The van der Waals surface area contributed by atoms with Gasteiger partial charge in [0.25, 0.3) is 5.91 Å². The third-order valence-electron chi connectivity index (χ3n) is 4.38. The highest BCUT2D eigenvalue weighted by Gasteiger charge is 2.26.